The molecule has 1 heterocycles. The Labute approximate surface area is 175 Å². The van der Waals surface area contributed by atoms with E-state index in [4.69, 9.17) is 17.0 Å². The molecule has 0 aliphatic rings. The zero-order valence-electron chi connectivity index (χ0n) is 15.3. The van der Waals surface area contributed by atoms with E-state index in [1.165, 1.54) is 4.57 Å². The third-order valence-corrected chi connectivity index (χ3v) is 5.13. The molecule has 0 spiro atoms. The number of amides is 1. The molecule has 146 valence electrons. The largest absolute Gasteiger partial charge is 0.385 e. The molecule has 8 heteroatoms. The third-order valence-electron chi connectivity index (χ3n) is 4.32. The van der Waals surface area contributed by atoms with E-state index in [2.05, 4.69) is 26.2 Å². The molecule has 3 aromatic rings. The number of ether oxygens (including phenoxy) is 1. The van der Waals surface area contributed by atoms with E-state index in [-0.39, 0.29) is 11.5 Å². The lowest BCUT2D eigenvalue weighted by atomic mass is 10.1. The molecule has 0 aliphatic carbocycles. The van der Waals surface area contributed by atoms with E-state index >= 15 is 0 Å². The minimum absolute atomic E-state index is 0.170. The molecule has 0 saturated heterocycles. The molecule has 0 unspecified atom stereocenters. The van der Waals surface area contributed by atoms with E-state index in [9.17, 15) is 9.59 Å². The standard InChI is InChI=1S/C20H20BrN3O3S/c1-27-9-3-8-24-19(26)16-7-6-14(11-17(16)23-20(24)28)18(25)22-12-13-4-2-5-15(21)10-13/h2,4-7,10-11H,3,8-9,12H2,1H3,(H,22,25)(H,23,28). The highest BCUT2D eigenvalue weighted by molar-refractivity contribution is 9.10. The molecule has 2 N–H and O–H groups in total. The van der Waals surface area contributed by atoms with Crippen LogP contribution >= 0.6 is 28.1 Å². The Morgan fingerprint density at radius 3 is 2.86 bits per heavy atom. The van der Waals surface area contributed by atoms with Crippen molar-refractivity contribution in [3.05, 3.63) is 73.2 Å². The number of hydrogen-bond donors (Lipinski definition) is 2. The Hall–Kier alpha value is -2.29. The molecule has 0 bridgehead atoms. The summed E-state index contributed by atoms with van der Waals surface area (Å²) in [5.41, 5.74) is 1.83. The number of H-pyrrole nitrogens is 1. The van der Waals surface area contributed by atoms with E-state index < -0.39 is 0 Å². The minimum atomic E-state index is -0.217. The maximum atomic E-state index is 12.7. The van der Waals surface area contributed by atoms with Gasteiger partial charge in [0, 0.05) is 36.8 Å². The second-order valence-electron chi connectivity index (χ2n) is 6.31. The number of nitrogens with zero attached hydrogens (tertiary/aromatic N) is 1. The number of methoxy groups -OCH3 is 1. The van der Waals surface area contributed by atoms with E-state index in [1.807, 2.05) is 24.3 Å². The highest BCUT2D eigenvalue weighted by atomic mass is 79.9. The maximum absolute atomic E-state index is 12.7. The zero-order valence-corrected chi connectivity index (χ0v) is 17.7. The monoisotopic (exact) mass is 461 g/mol. The predicted octanol–water partition coefficient (Wildman–Crippen LogP) is 3.79. The zero-order chi connectivity index (χ0) is 20.1. The van der Waals surface area contributed by atoms with Gasteiger partial charge in [0.1, 0.15) is 0 Å². The summed E-state index contributed by atoms with van der Waals surface area (Å²) in [6.45, 7) is 1.44. The Balaban J connectivity index is 1.81. The summed E-state index contributed by atoms with van der Waals surface area (Å²) in [4.78, 5) is 28.2. The van der Waals surface area contributed by atoms with Crippen LogP contribution in [0.1, 0.15) is 22.3 Å². The van der Waals surface area contributed by atoms with Crippen LogP contribution in [0.25, 0.3) is 10.9 Å². The molecule has 0 aliphatic heterocycles. The van der Waals surface area contributed by atoms with Gasteiger partial charge < -0.3 is 15.0 Å². The van der Waals surface area contributed by atoms with Crippen molar-refractivity contribution >= 4 is 45.0 Å². The van der Waals surface area contributed by atoms with E-state index in [0.717, 1.165) is 10.0 Å². The van der Waals surface area contributed by atoms with Crippen molar-refractivity contribution in [2.45, 2.75) is 19.5 Å². The number of fused-ring (bicyclic) bond motifs is 1. The van der Waals surface area contributed by atoms with Crippen LogP contribution in [0.15, 0.2) is 51.7 Å². The Bertz CT molecular complexity index is 1120. The van der Waals surface area contributed by atoms with Gasteiger partial charge in [0.25, 0.3) is 11.5 Å². The van der Waals surface area contributed by atoms with Gasteiger partial charge in [-0.25, -0.2) is 0 Å². The van der Waals surface area contributed by atoms with Crippen molar-refractivity contribution in [3.63, 3.8) is 0 Å². The molecule has 1 aromatic heterocycles. The summed E-state index contributed by atoms with van der Waals surface area (Å²) in [6, 6.07) is 12.7. The third kappa shape index (κ3) is 4.76. The van der Waals surface area contributed by atoms with Gasteiger partial charge in [0.15, 0.2) is 4.77 Å². The fourth-order valence-electron chi connectivity index (χ4n) is 2.90. The fraction of sp³-hybridized carbons (Fsp3) is 0.250. The van der Waals surface area contributed by atoms with Crippen molar-refractivity contribution in [2.75, 3.05) is 13.7 Å². The first-order valence-corrected chi connectivity index (χ1v) is 9.98. The molecule has 0 radical (unpaired) electrons. The van der Waals surface area contributed by atoms with Gasteiger partial charge >= 0.3 is 0 Å². The smallest absolute Gasteiger partial charge is 0.262 e. The lowest BCUT2D eigenvalue weighted by Crippen LogP contribution is -2.24. The van der Waals surface area contributed by atoms with Gasteiger partial charge in [-0.15, -0.1) is 0 Å². The summed E-state index contributed by atoms with van der Waals surface area (Å²) in [7, 11) is 1.62. The first-order valence-electron chi connectivity index (χ1n) is 8.78. The Kier molecular flexibility index (Phi) is 6.77. The van der Waals surface area contributed by atoms with Crippen LogP contribution in [0.5, 0.6) is 0 Å². The van der Waals surface area contributed by atoms with Crippen LogP contribution in [0, 0.1) is 4.77 Å². The molecule has 6 nitrogen and oxygen atoms in total. The van der Waals surface area contributed by atoms with Crippen LogP contribution < -0.4 is 10.9 Å². The Morgan fingerprint density at radius 1 is 1.29 bits per heavy atom. The predicted molar refractivity (Wildman–Crippen MR) is 115 cm³/mol. The first kappa shape index (κ1) is 20.4. The SMILES string of the molecule is COCCCn1c(=S)[nH]c2cc(C(=O)NCc3cccc(Br)c3)ccc2c1=O. The molecule has 0 saturated carbocycles. The number of aromatic nitrogens is 2. The fourth-order valence-corrected chi connectivity index (χ4v) is 3.63. The minimum Gasteiger partial charge on any atom is -0.385 e. The first-order chi connectivity index (χ1) is 13.5. The molecule has 28 heavy (non-hydrogen) atoms. The van der Waals surface area contributed by atoms with Gasteiger partial charge in [-0.3, -0.25) is 14.2 Å². The van der Waals surface area contributed by atoms with Crippen LogP contribution in [0.2, 0.25) is 0 Å². The average Bonchev–Trinajstić information content (AvgIpc) is 2.68. The van der Waals surface area contributed by atoms with E-state index in [0.29, 0.717) is 47.4 Å². The number of hydrogen-bond acceptors (Lipinski definition) is 4. The number of carbonyl (C=O) groups excluding carboxylic acids is 1. The highest BCUT2D eigenvalue weighted by Crippen LogP contribution is 2.13. The van der Waals surface area contributed by atoms with Crippen molar-refractivity contribution in [1.29, 1.82) is 0 Å². The Morgan fingerprint density at radius 2 is 2.11 bits per heavy atom. The number of benzene rings is 2. The van der Waals surface area contributed by atoms with Gasteiger partial charge in [-0.1, -0.05) is 28.1 Å². The number of aromatic amines is 1. The summed E-state index contributed by atoms with van der Waals surface area (Å²) >= 11 is 8.73. The van der Waals surface area contributed by atoms with Crippen LogP contribution in [0.4, 0.5) is 0 Å². The summed E-state index contributed by atoms with van der Waals surface area (Å²) in [5, 5.41) is 3.38. The quantitative estimate of drug-likeness (QED) is 0.414. The topological polar surface area (TPSA) is 76.1 Å². The van der Waals surface area contributed by atoms with Crippen LogP contribution in [0.3, 0.4) is 0 Å². The van der Waals surface area contributed by atoms with Gasteiger partial charge in [-0.2, -0.15) is 0 Å². The molecule has 0 fully saturated rings. The van der Waals surface area contributed by atoms with Crippen molar-refractivity contribution in [1.82, 2.24) is 14.9 Å². The average molecular weight is 462 g/mol. The molecule has 2 aromatic carbocycles. The number of nitrogens with one attached hydrogen (secondary N) is 2. The normalized spacial score (nSPS) is 10.9. The van der Waals surface area contributed by atoms with Gasteiger partial charge in [0.05, 0.1) is 10.9 Å². The number of rotatable bonds is 7. The van der Waals surface area contributed by atoms with Crippen LogP contribution in [-0.4, -0.2) is 29.2 Å². The molecular weight excluding hydrogens is 442 g/mol. The second-order valence-corrected chi connectivity index (χ2v) is 7.61. The van der Waals surface area contributed by atoms with Crippen molar-refractivity contribution < 1.29 is 9.53 Å². The molecule has 0 atom stereocenters. The lowest BCUT2D eigenvalue weighted by Gasteiger charge is -2.10. The summed E-state index contributed by atoms with van der Waals surface area (Å²) < 4.78 is 7.84. The lowest BCUT2D eigenvalue weighted by molar-refractivity contribution is 0.0951. The van der Waals surface area contributed by atoms with Gasteiger partial charge in [0.2, 0.25) is 0 Å². The summed E-state index contributed by atoms with van der Waals surface area (Å²) in [6.07, 6.45) is 0.690. The van der Waals surface area contributed by atoms with Crippen LogP contribution in [-0.2, 0) is 17.8 Å². The number of halogens is 1. The van der Waals surface area contributed by atoms with Crippen molar-refractivity contribution in [3.8, 4) is 0 Å². The maximum Gasteiger partial charge on any atom is 0.262 e. The molecular formula is C20H20BrN3O3S. The number of carbonyl (C=O) groups is 1. The molecule has 1 amide bonds. The molecule has 3 rings (SSSR count). The van der Waals surface area contributed by atoms with E-state index in [1.54, 1.807) is 25.3 Å². The van der Waals surface area contributed by atoms with Crippen molar-refractivity contribution in [2.24, 2.45) is 0 Å². The second kappa shape index (κ2) is 9.27. The highest BCUT2D eigenvalue weighted by Gasteiger charge is 2.10. The summed E-state index contributed by atoms with van der Waals surface area (Å²) in [5.74, 6) is -0.217. The van der Waals surface area contributed by atoms with Gasteiger partial charge in [-0.05, 0) is 54.5 Å².